The van der Waals surface area contributed by atoms with E-state index in [0.717, 1.165) is 47.8 Å². The Hall–Kier alpha value is -2.51. The average molecular weight is 393 g/mol. The van der Waals surface area contributed by atoms with Crippen LogP contribution in [0.15, 0.2) is 35.6 Å². The fourth-order valence-electron chi connectivity index (χ4n) is 4.32. The molecule has 1 aromatic carbocycles. The maximum absolute atomic E-state index is 10.1. The molecule has 0 amide bonds. The zero-order valence-corrected chi connectivity index (χ0v) is 16.9. The largest absolute Gasteiger partial charge is 0.487 e. The number of hydrogen-bond donors (Lipinski definition) is 2. The molecule has 1 aliphatic carbocycles. The summed E-state index contributed by atoms with van der Waals surface area (Å²) in [5, 5.41) is 10.1. The van der Waals surface area contributed by atoms with Gasteiger partial charge in [-0.1, -0.05) is 13.0 Å². The fourth-order valence-corrected chi connectivity index (χ4v) is 4.32. The van der Waals surface area contributed by atoms with E-state index in [4.69, 9.17) is 15.5 Å². The van der Waals surface area contributed by atoms with Crippen molar-refractivity contribution in [3.63, 3.8) is 0 Å². The molecule has 2 fully saturated rings. The Balaban J connectivity index is 1.44. The van der Waals surface area contributed by atoms with Gasteiger partial charge in [-0.05, 0) is 43.9 Å². The number of β-amino-alcohol motifs (C(OH)–C–C–N with tert-alkyl or cyclic N) is 1. The molecule has 152 valence electrons. The summed E-state index contributed by atoms with van der Waals surface area (Å²) in [4.78, 5) is 15.7. The van der Waals surface area contributed by atoms with Crippen LogP contribution in [0.1, 0.15) is 49.9 Å². The van der Waals surface area contributed by atoms with Gasteiger partial charge in [0.15, 0.2) is 0 Å². The van der Waals surface area contributed by atoms with Gasteiger partial charge in [0.2, 0.25) is 0 Å². The van der Waals surface area contributed by atoms with Crippen molar-refractivity contribution in [3.8, 4) is 5.75 Å². The van der Waals surface area contributed by atoms with Crippen molar-refractivity contribution >= 4 is 11.5 Å². The summed E-state index contributed by atoms with van der Waals surface area (Å²) in [5.74, 6) is 1.66. The van der Waals surface area contributed by atoms with E-state index in [9.17, 15) is 5.11 Å². The van der Waals surface area contributed by atoms with Gasteiger partial charge in [-0.25, -0.2) is 9.97 Å². The van der Waals surface area contributed by atoms with Crippen LogP contribution in [0.4, 0.5) is 5.82 Å². The maximum Gasteiger partial charge on any atom is 0.132 e. The van der Waals surface area contributed by atoms with Gasteiger partial charge >= 0.3 is 0 Å². The lowest BCUT2D eigenvalue weighted by Gasteiger charge is -2.23. The van der Waals surface area contributed by atoms with Gasteiger partial charge < -0.3 is 20.5 Å². The number of nitrogens with two attached hydrogens (primary N) is 1. The van der Waals surface area contributed by atoms with Gasteiger partial charge in [0.25, 0.3) is 0 Å². The molecule has 7 heteroatoms. The summed E-state index contributed by atoms with van der Waals surface area (Å²) in [6, 6.07) is 7.91. The van der Waals surface area contributed by atoms with E-state index >= 15 is 0 Å². The summed E-state index contributed by atoms with van der Waals surface area (Å²) in [6.45, 7) is 5.31. The van der Waals surface area contributed by atoms with Crippen LogP contribution in [0.3, 0.4) is 0 Å². The molecule has 7 nitrogen and oxygen atoms in total. The quantitative estimate of drug-likeness (QED) is 0.807. The minimum Gasteiger partial charge on any atom is -0.487 e. The number of ether oxygens (including phenoxy) is 1. The molecule has 1 saturated carbocycles. The van der Waals surface area contributed by atoms with E-state index in [0.29, 0.717) is 13.1 Å². The third-order valence-corrected chi connectivity index (χ3v) is 6.60. The van der Waals surface area contributed by atoms with Gasteiger partial charge in [0.1, 0.15) is 23.5 Å². The highest BCUT2D eigenvalue weighted by molar-refractivity contribution is 6.14. The second-order valence-electron chi connectivity index (χ2n) is 8.42. The minimum absolute atomic E-state index is 0.00864. The Morgan fingerprint density at radius 1 is 1.28 bits per heavy atom. The number of rotatable bonds is 5. The molecule has 3 heterocycles. The van der Waals surface area contributed by atoms with E-state index in [1.54, 1.807) is 6.33 Å². The number of benzene rings is 1. The van der Waals surface area contributed by atoms with Gasteiger partial charge in [-0.2, -0.15) is 0 Å². The predicted molar refractivity (Wildman–Crippen MR) is 111 cm³/mol. The van der Waals surface area contributed by atoms with E-state index in [1.807, 2.05) is 24.0 Å². The van der Waals surface area contributed by atoms with Crippen LogP contribution in [0.25, 0.3) is 0 Å². The van der Waals surface area contributed by atoms with E-state index < -0.39 is 6.10 Å². The summed E-state index contributed by atoms with van der Waals surface area (Å²) in [5.41, 5.74) is 10.0. The molecule has 0 unspecified atom stereocenters. The Labute approximate surface area is 170 Å². The van der Waals surface area contributed by atoms with Gasteiger partial charge in [0, 0.05) is 24.2 Å². The lowest BCUT2D eigenvalue weighted by molar-refractivity contribution is 0.174. The van der Waals surface area contributed by atoms with Gasteiger partial charge in [-0.3, -0.25) is 4.99 Å². The second kappa shape index (κ2) is 6.78. The zero-order valence-electron chi connectivity index (χ0n) is 16.9. The lowest BCUT2D eigenvalue weighted by atomic mass is 10.0. The number of fused-ring (bicyclic) bond motifs is 1. The molecule has 29 heavy (non-hydrogen) atoms. The summed E-state index contributed by atoms with van der Waals surface area (Å²) in [7, 11) is 0. The molecule has 2 aromatic rings. The summed E-state index contributed by atoms with van der Waals surface area (Å²) >= 11 is 0. The van der Waals surface area contributed by atoms with E-state index in [2.05, 4.69) is 29.0 Å². The molecule has 2 aliphatic heterocycles. The number of aliphatic imine (C=N–C) groups is 1. The molecule has 1 aromatic heterocycles. The fraction of sp³-hybridized carbons (Fsp3) is 0.500. The predicted octanol–water partition coefficient (Wildman–Crippen LogP) is 2.05. The smallest absolute Gasteiger partial charge is 0.132 e. The van der Waals surface area contributed by atoms with Crippen LogP contribution < -0.4 is 15.4 Å². The number of aliphatic hydroxyl groups is 1. The van der Waals surface area contributed by atoms with Gasteiger partial charge in [-0.15, -0.1) is 0 Å². The van der Waals surface area contributed by atoms with E-state index in [-0.39, 0.29) is 17.7 Å². The molecule has 3 aliphatic rings. The molecular weight excluding hydrogens is 366 g/mol. The SMILES string of the molecule is CCC1(Oc2ccc3c(c2)C(c2cc(N4C[C@H](O)[C@@H](N)[C@@H]4C)ncn2)=NC3)CC1. The topological polar surface area (TPSA) is 96.9 Å². The van der Waals surface area contributed by atoms with Crippen molar-refractivity contribution < 1.29 is 9.84 Å². The molecule has 0 bridgehead atoms. The molecular formula is C22H27N5O2. The van der Waals surface area contributed by atoms with Crippen molar-refractivity contribution in [2.24, 2.45) is 10.7 Å². The number of anilines is 1. The van der Waals surface area contributed by atoms with E-state index in [1.165, 1.54) is 5.56 Å². The van der Waals surface area contributed by atoms with Crippen LogP contribution >= 0.6 is 0 Å². The molecule has 1 saturated heterocycles. The molecule has 0 spiro atoms. The first kappa shape index (κ1) is 18.5. The Bertz CT molecular complexity index is 971. The number of hydrogen-bond acceptors (Lipinski definition) is 7. The zero-order chi connectivity index (χ0) is 20.2. The lowest BCUT2D eigenvalue weighted by Crippen LogP contribution is -2.40. The molecule has 3 atom stereocenters. The standard InChI is InChI=1S/C22H27N5O2/c1-3-22(6-7-22)29-15-5-4-14-10-24-21(16(14)8-15)17-9-19(26-12-25-17)27-11-18(28)20(23)13(27)2/h4-5,8-9,12-13,18,20,28H,3,6-7,10-11,23H2,1-2H3/t13-,18-,20-/m0/s1. The first-order chi connectivity index (χ1) is 14.0. The maximum atomic E-state index is 10.1. The summed E-state index contributed by atoms with van der Waals surface area (Å²) < 4.78 is 6.28. The van der Waals surface area contributed by atoms with Crippen molar-refractivity contribution in [2.45, 2.75) is 63.4 Å². The van der Waals surface area contributed by atoms with Crippen LogP contribution in [-0.2, 0) is 6.54 Å². The normalized spacial score (nSPS) is 27.0. The highest BCUT2D eigenvalue weighted by Gasteiger charge is 2.43. The number of nitrogens with zero attached hydrogens (tertiary/aromatic N) is 4. The molecule has 3 N–H and O–H groups in total. The first-order valence-corrected chi connectivity index (χ1v) is 10.4. The minimum atomic E-state index is -0.555. The highest BCUT2D eigenvalue weighted by Crippen LogP contribution is 2.43. The van der Waals surface area contributed by atoms with Crippen molar-refractivity contribution in [2.75, 3.05) is 11.4 Å². The monoisotopic (exact) mass is 393 g/mol. The van der Waals surface area contributed by atoms with Crippen LogP contribution in [-0.4, -0.2) is 51.1 Å². The highest BCUT2D eigenvalue weighted by atomic mass is 16.5. The van der Waals surface area contributed by atoms with Crippen LogP contribution in [0, 0.1) is 0 Å². The second-order valence-corrected chi connectivity index (χ2v) is 8.42. The molecule has 0 radical (unpaired) electrons. The Kier molecular flexibility index (Phi) is 4.33. The summed E-state index contributed by atoms with van der Waals surface area (Å²) in [6.07, 6.45) is 4.28. The van der Waals surface area contributed by atoms with Crippen molar-refractivity contribution in [3.05, 3.63) is 47.4 Å². The third kappa shape index (κ3) is 3.18. The van der Waals surface area contributed by atoms with Crippen LogP contribution in [0.5, 0.6) is 5.75 Å². The Morgan fingerprint density at radius 2 is 2.10 bits per heavy atom. The Morgan fingerprint density at radius 3 is 2.79 bits per heavy atom. The van der Waals surface area contributed by atoms with Gasteiger partial charge in [0.05, 0.1) is 30.1 Å². The van der Waals surface area contributed by atoms with Crippen LogP contribution in [0.2, 0.25) is 0 Å². The number of aromatic nitrogens is 2. The third-order valence-electron chi connectivity index (χ3n) is 6.60. The number of aliphatic hydroxyl groups excluding tert-OH is 1. The first-order valence-electron chi connectivity index (χ1n) is 10.4. The molecule has 5 rings (SSSR count). The van der Waals surface area contributed by atoms with Crippen molar-refractivity contribution in [1.82, 2.24) is 9.97 Å². The van der Waals surface area contributed by atoms with Crippen molar-refractivity contribution in [1.29, 1.82) is 0 Å². The average Bonchev–Trinajstić information content (AvgIpc) is 3.31.